The predicted molar refractivity (Wildman–Crippen MR) is 99.1 cm³/mol. The number of nitrogens with zero attached hydrogens (tertiary/aromatic N) is 1. The lowest BCUT2D eigenvalue weighted by molar-refractivity contribution is -0.142. The Morgan fingerprint density at radius 1 is 1.23 bits per heavy atom. The van der Waals surface area contributed by atoms with Crippen LogP contribution in [0.3, 0.4) is 0 Å². The van der Waals surface area contributed by atoms with Crippen molar-refractivity contribution >= 4 is 12.0 Å². The first kappa shape index (κ1) is 17.7. The maximum Gasteiger partial charge on any atom is 0.306 e. The Morgan fingerprint density at radius 3 is 2.69 bits per heavy atom. The summed E-state index contributed by atoms with van der Waals surface area (Å²) in [5.74, 6) is -0.192. The molecule has 1 aromatic rings. The normalized spacial score (nSPS) is 26.1. The van der Waals surface area contributed by atoms with E-state index in [2.05, 4.69) is 10.2 Å². The van der Waals surface area contributed by atoms with Gasteiger partial charge in [-0.15, -0.1) is 0 Å². The summed E-state index contributed by atoms with van der Waals surface area (Å²) in [7, 11) is 0. The zero-order valence-corrected chi connectivity index (χ0v) is 15.2. The van der Waals surface area contributed by atoms with Gasteiger partial charge in [-0.2, -0.15) is 0 Å². The number of ether oxygens (including phenoxy) is 1. The Kier molecular flexibility index (Phi) is 5.09. The van der Waals surface area contributed by atoms with Gasteiger partial charge < -0.3 is 10.1 Å². The quantitative estimate of drug-likeness (QED) is 0.844. The number of carbonyl (C=O) groups excluding carboxylic acids is 1. The Balaban J connectivity index is 1.36. The number of likely N-dealkylation sites (tertiary alicyclic amines) is 1. The van der Waals surface area contributed by atoms with Gasteiger partial charge in [-0.25, -0.2) is 4.39 Å². The van der Waals surface area contributed by atoms with E-state index >= 15 is 0 Å². The van der Waals surface area contributed by atoms with Crippen molar-refractivity contribution in [2.75, 3.05) is 32.7 Å². The minimum atomic E-state index is -0.159. The molecule has 4 nitrogen and oxygen atoms in total. The topological polar surface area (TPSA) is 41.6 Å². The number of hydrogen-bond acceptors (Lipinski definition) is 4. The molecule has 1 N–H and O–H groups in total. The molecule has 4 rings (SSSR count). The van der Waals surface area contributed by atoms with Gasteiger partial charge in [0, 0.05) is 30.6 Å². The number of esters is 1. The summed E-state index contributed by atoms with van der Waals surface area (Å²) >= 11 is 0. The molecule has 0 bridgehead atoms. The number of rotatable bonds is 3. The number of piperidine rings is 2. The third-order valence-corrected chi connectivity index (χ3v) is 6.24. The van der Waals surface area contributed by atoms with Crippen molar-refractivity contribution in [1.82, 2.24) is 10.2 Å². The predicted octanol–water partition coefficient (Wildman–Crippen LogP) is 2.99. The maximum absolute atomic E-state index is 13.8. The number of carbonyl (C=O) groups is 1. The van der Waals surface area contributed by atoms with Crippen molar-refractivity contribution in [2.24, 2.45) is 5.41 Å². The molecule has 0 aromatic heterocycles. The van der Waals surface area contributed by atoms with Crippen LogP contribution in [0.1, 0.15) is 37.7 Å². The van der Waals surface area contributed by atoms with Crippen molar-refractivity contribution in [3.05, 3.63) is 41.2 Å². The monoisotopic (exact) mass is 358 g/mol. The van der Waals surface area contributed by atoms with E-state index in [4.69, 9.17) is 4.74 Å². The Morgan fingerprint density at radius 2 is 1.96 bits per heavy atom. The lowest BCUT2D eigenvalue weighted by Gasteiger charge is -2.39. The molecule has 3 fully saturated rings. The molecule has 140 valence electrons. The lowest BCUT2D eigenvalue weighted by atomic mass is 9.73. The minimum Gasteiger partial charge on any atom is -0.460 e. The molecule has 26 heavy (non-hydrogen) atoms. The second-order valence-corrected chi connectivity index (χ2v) is 7.89. The number of halogens is 1. The molecule has 3 aliphatic rings. The van der Waals surface area contributed by atoms with Gasteiger partial charge in [0.25, 0.3) is 0 Å². The van der Waals surface area contributed by atoms with Crippen LogP contribution in [-0.2, 0) is 9.53 Å². The van der Waals surface area contributed by atoms with Crippen LogP contribution in [0, 0.1) is 11.2 Å². The molecule has 0 amide bonds. The van der Waals surface area contributed by atoms with Gasteiger partial charge >= 0.3 is 5.97 Å². The molecule has 1 unspecified atom stereocenters. The van der Waals surface area contributed by atoms with Gasteiger partial charge in [0.1, 0.15) is 11.9 Å². The minimum absolute atomic E-state index is 0.0224. The number of cyclic esters (lactones) is 1. The molecule has 5 heteroatoms. The number of hydrogen-bond donors (Lipinski definition) is 1. The molecule has 3 aliphatic heterocycles. The first-order valence-electron chi connectivity index (χ1n) is 9.71. The van der Waals surface area contributed by atoms with Crippen molar-refractivity contribution in [3.8, 4) is 0 Å². The van der Waals surface area contributed by atoms with Crippen LogP contribution in [0.25, 0.3) is 6.08 Å². The van der Waals surface area contributed by atoms with Gasteiger partial charge in [0.05, 0.1) is 6.42 Å². The molecule has 0 saturated carbocycles. The largest absolute Gasteiger partial charge is 0.460 e. The summed E-state index contributed by atoms with van der Waals surface area (Å²) in [4.78, 5) is 14.4. The molecule has 0 radical (unpaired) electrons. The highest BCUT2D eigenvalue weighted by molar-refractivity contribution is 5.73. The summed E-state index contributed by atoms with van der Waals surface area (Å²) in [5, 5.41) is 3.39. The molecular weight excluding hydrogens is 331 g/mol. The molecule has 1 spiro atoms. The Bertz CT molecular complexity index is 687. The maximum atomic E-state index is 13.8. The first-order valence-corrected chi connectivity index (χ1v) is 9.71. The van der Waals surface area contributed by atoms with Crippen molar-refractivity contribution in [1.29, 1.82) is 0 Å². The third-order valence-electron chi connectivity index (χ3n) is 6.24. The van der Waals surface area contributed by atoms with Crippen molar-refractivity contribution in [2.45, 2.75) is 38.2 Å². The van der Waals surface area contributed by atoms with Crippen molar-refractivity contribution in [3.63, 3.8) is 0 Å². The van der Waals surface area contributed by atoms with Crippen LogP contribution in [0.5, 0.6) is 0 Å². The van der Waals surface area contributed by atoms with Crippen LogP contribution < -0.4 is 5.32 Å². The first-order chi connectivity index (χ1) is 12.6. The average Bonchev–Trinajstić information content (AvgIpc) is 2.93. The van der Waals surface area contributed by atoms with E-state index in [1.807, 2.05) is 18.2 Å². The highest BCUT2D eigenvalue weighted by atomic mass is 19.1. The van der Waals surface area contributed by atoms with Crippen LogP contribution in [0.4, 0.5) is 4.39 Å². The van der Waals surface area contributed by atoms with E-state index in [0.29, 0.717) is 12.0 Å². The molecule has 1 aromatic carbocycles. The van der Waals surface area contributed by atoms with Gasteiger partial charge in [-0.1, -0.05) is 29.8 Å². The van der Waals surface area contributed by atoms with E-state index in [1.165, 1.54) is 11.6 Å². The van der Waals surface area contributed by atoms with E-state index in [-0.39, 0.29) is 23.3 Å². The molecular formula is C21H27FN2O2. The van der Waals surface area contributed by atoms with Crippen LogP contribution in [0.2, 0.25) is 0 Å². The van der Waals surface area contributed by atoms with Crippen LogP contribution >= 0.6 is 0 Å². The number of nitrogens with one attached hydrogen (secondary N) is 1. The molecule has 3 heterocycles. The standard InChI is InChI=1S/C21H27FN2O2/c22-18-4-2-1-3-17(18)13-16-5-11-24(12-6-16)15-19-21(14-20(25)26-19)7-9-23-10-8-21/h1-4,13,19,23H,5-12,14-15H2. The zero-order chi connectivity index (χ0) is 18.0. The number of benzene rings is 1. The summed E-state index contributed by atoms with van der Waals surface area (Å²) < 4.78 is 19.5. The van der Waals surface area contributed by atoms with E-state index in [1.54, 1.807) is 6.07 Å². The molecule has 3 saturated heterocycles. The van der Waals surface area contributed by atoms with Crippen LogP contribution in [0.15, 0.2) is 29.8 Å². The second-order valence-electron chi connectivity index (χ2n) is 7.89. The highest BCUT2D eigenvalue weighted by Crippen LogP contribution is 2.43. The van der Waals surface area contributed by atoms with E-state index < -0.39 is 0 Å². The van der Waals surface area contributed by atoms with Gasteiger partial charge in [-0.05, 0) is 44.8 Å². The van der Waals surface area contributed by atoms with E-state index in [0.717, 1.165) is 58.4 Å². The SMILES string of the molecule is O=C1CC2(CCNCC2)C(CN2CCC(=Cc3ccccc3F)CC2)O1. The van der Waals surface area contributed by atoms with Gasteiger partial charge in [0.2, 0.25) is 0 Å². The zero-order valence-electron chi connectivity index (χ0n) is 15.2. The molecule has 0 aliphatic carbocycles. The van der Waals surface area contributed by atoms with Crippen LogP contribution in [-0.4, -0.2) is 49.7 Å². The molecule has 1 atom stereocenters. The fourth-order valence-corrected chi connectivity index (χ4v) is 4.59. The average molecular weight is 358 g/mol. The Hall–Kier alpha value is -1.72. The van der Waals surface area contributed by atoms with Gasteiger partial charge in [-0.3, -0.25) is 9.69 Å². The highest BCUT2D eigenvalue weighted by Gasteiger charge is 2.49. The third kappa shape index (κ3) is 3.69. The fraction of sp³-hybridized carbons (Fsp3) is 0.571. The second kappa shape index (κ2) is 7.49. The van der Waals surface area contributed by atoms with E-state index in [9.17, 15) is 9.18 Å². The lowest BCUT2D eigenvalue weighted by Crippen LogP contribution is -2.47. The van der Waals surface area contributed by atoms with Gasteiger partial charge in [0.15, 0.2) is 0 Å². The summed E-state index contributed by atoms with van der Waals surface area (Å²) in [6, 6.07) is 6.93. The van der Waals surface area contributed by atoms with Crippen molar-refractivity contribution < 1.29 is 13.9 Å². The summed E-state index contributed by atoms with van der Waals surface area (Å²) in [5.41, 5.74) is 2.01. The fourth-order valence-electron chi connectivity index (χ4n) is 4.59. The summed E-state index contributed by atoms with van der Waals surface area (Å²) in [6.45, 7) is 4.68. The summed E-state index contributed by atoms with van der Waals surface area (Å²) in [6.07, 6.45) is 6.54. The smallest absolute Gasteiger partial charge is 0.306 e. The Labute approximate surface area is 154 Å².